The van der Waals surface area contributed by atoms with Crippen LogP contribution in [-0.2, 0) is 14.2 Å². The van der Waals surface area contributed by atoms with Crippen LogP contribution in [0.4, 0.5) is 0 Å². The molecule has 1 aliphatic rings. The molecule has 0 saturated carbocycles. The summed E-state index contributed by atoms with van der Waals surface area (Å²) >= 11 is 5.73. The van der Waals surface area contributed by atoms with Crippen molar-refractivity contribution >= 4 is 23.5 Å². The number of esters is 2. The minimum Gasteiger partial charge on any atom is -0.459 e. The van der Waals surface area contributed by atoms with E-state index in [0.717, 1.165) is 15.8 Å². The molecule has 0 bridgehead atoms. The second kappa shape index (κ2) is 10.1. The lowest BCUT2D eigenvalue weighted by molar-refractivity contribution is -0.0616. The van der Waals surface area contributed by atoms with E-state index in [1.807, 2.05) is 13.8 Å². The van der Waals surface area contributed by atoms with Gasteiger partial charge in [-0.2, -0.15) is 14.8 Å². The van der Waals surface area contributed by atoms with E-state index in [1.165, 1.54) is 6.20 Å². The molecule has 3 aromatic rings. The van der Waals surface area contributed by atoms with Gasteiger partial charge in [0.25, 0.3) is 0 Å². The highest BCUT2D eigenvalue weighted by atomic mass is 35.5. The van der Waals surface area contributed by atoms with Crippen molar-refractivity contribution < 1.29 is 23.8 Å². The lowest BCUT2D eigenvalue weighted by Crippen LogP contribution is -2.32. The first-order valence-corrected chi connectivity index (χ1v) is 11.0. The van der Waals surface area contributed by atoms with Crippen LogP contribution in [0.1, 0.15) is 44.5 Å². The predicted molar refractivity (Wildman–Crippen MR) is 122 cm³/mol. The molecule has 1 fully saturated rings. The van der Waals surface area contributed by atoms with E-state index in [4.69, 9.17) is 25.8 Å². The third kappa shape index (κ3) is 5.49. The maximum absolute atomic E-state index is 12.7. The van der Waals surface area contributed by atoms with Gasteiger partial charge in [-0.15, -0.1) is 0 Å². The first-order valence-electron chi connectivity index (χ1n) is 10.6. The Bertz CT molecular complexity index is 1240. The quantitative estimate of drug-likeness (QED) is 0.491. The number of aromatic nitrogens is 3. The molecule has 10 heteroatoms. The molecule has 0 N–H and O–H groups in total. The summed E-state index contributed by atoms with van der Waals surface area (Å²) in [6.45, 7) is 3.63. The highest BCUT2D eigenvalue weighted by Gasteiger charge is 2.41. The lowest BCUT2D eigenvalue weighted by Gasteiger charge is -2.19. The Balaban J connectivity index is 1.50. The van der Waals surface area contributed by atoms with Gasteiger partial charge >= 0.3 is 17.6 Å². The molecule has 0 aliphatic carbocycles. The number of hydrogen-bond donors (Lipinski definition) is 0. The van der Waals surface area contributed by atoms with Crippen LogP contribution >= 0.6 is 11.6 Å². The summed E-state index contributed by atoms with van der Waals surface area (Å²) in [7, 11) is 0. The molecule has 0 spiro atoms. The smallest absolute Gasteiger partial charge is 0.367 e. The monoisotopic (exact) mass is 483 g/mol. The molecule has 2 heterocycles. The zero-order valence-corrected chi connectivity index (χ0v) is 19.3. The summed E-state index contributed by atoms with van der Waals surface area (Å²) < 4.78 is 18.0. The number of carbonyl (C=O) groups is 2. The molecule has 0 amide bonds. The topological polar surface area (TPSA) is 110 Å². The van der Waals surface area contributed by atoms with E-state index in [2.05, 4.69) is 10.1 Å². The third-order valence-electron chi connectivity index (χ3n) is 5.35. The van der Waals surface area contributed by atoms with E-state index >= 15 is 0 Å². The summed E-state index contributed by atoms with van der Waals surface area (Å²) in [5, 5.41) is 3.91. The Morgan fingerprint density at radius 2 is 1.62 bits per heavy atom. The Hall–Kier alpha value is -3.56. The van der Waals surface area contributed by atoms with Gasteiger partial charge in [0.2, 0.25) is 0 Å². The van der Waals surface area contributed by atoms with Gasteiger partial charge in [-0.1, -0.05) is 47.0 Å². The molecular formula is C24H22ClN3O6. The van der Waals surface area contributed by atoms with Gasteiger partial charge in [0, 0.05) is 6.42 Å². The molecule has 1 aliphatic heterocycles. The molecular weight excluding hydrogens is 462 g/mol. The Kier molecular flexibility index (Phi) is 7.04. The van der Waals surface area contributed by atoms with Crippen LogP contribution in [0.3, 0.4) is 0 Å². The second-order valence-corrected chi connectivity index (χ2v) is 8.33. The minimum atomic E-state index is -0.879. The van der Waals surface area contributed by atoms with Gasteiger partial charge in [0.05, 0.1) is 17.3 Å². The van der Waals surface area contributed by atoms with Crippen LogP contribution < -0.4 is 5.69 Å². The van der Waals surface area contributed by atoms with E-state index in [1.54, 1.807) is 48.5 Å². The fourth-order valence-electron chi connectivity index (χ4n) is 3.48. The normalized spacial score (nSPS) is 19.6. The third-order valence-corrected chi connectivity index (χ3v) is 5.53. The molecule has 1 aromatic heterocycles. The van der Waals surface area contributed by atoms with Crippen LogP contribution in [0.25, 0.3) is 0 Å². The van der Waals surface area contributed by atoms with Crippen LogP contribution in [-0.4, -0.2) is 45.5 Å². The van der Waals surface area contributed by atoms with Crippen molar-refractivity contribution in [2.75, 3.05) is 6.61 Å². The van der Waals surface area contributed by atoms with Crippen LogP contribution in [0.5, 0.6) is 0 Å². The fourth-order valence-corrected chi connectivity index (χ4v) is 3.59. The van der Waals surface area contributed by atoms with Crippen molar-refractivity contribution in [2.24, 2.45) is 0 Å². The van der Waals surface area contributed by atoms with E-state index in [0.29, 0.717) is 11.1 Å². The van der Waals surface area contributed by atoms with Crippen molar-refractivity contribution in [2.45, 2.75) is 38.7 Å². The lowest BCUT2D eigenvalue weighted by atomic mass is 10.1. The van der Waals surface area contributed by atoms with Crippen molar-refractivity contribution in [1.29, 1.82) is 0 Å². The summed E-state index contributed by atoms with van der Waals surface area (Å²) in [5.74, 6) is -1.10. The number of hydrogen-bond acceptors (Lipinski definition) is 8. The minimum absolute atomic E-state index is 0.0508. The van der Waals surface area contributed by atoms with Crippen LogP contribution in [0.2, 0.25) is 5.15 Å². The standard InChI is InChI=1S/C24H22ClN3O6/c1-14-3-7-16(8-4-14)22(29)32-13-19-18(34-23(30)17-9-5-15(2)6-10-17)11-21(33-19)28-24(31)27-20(25)12-26-28/h3-10,12,18-19,21H,11,13H2,1-2H3/t18-,19+,21+/m0/s1. The largest absolute Gasteiger partial charge is 0.459 e. The van der Waals surface area contributed by atoms with E-state index in [9.17, 15) is 14.4 Å². The number of nitrogens with zero attached hydrogens (tertiary/aromatic N) is 3. The number of halogens is 1. The zero-order chi connectivity index (χ0) is 24.2. The van der Waals surface area contributed by atoms with Crippen molar-refractivity contribution in [3.63, 3.8) is 0 Å². The number of aryl methyl sites for hydroxylation is 2. The molecule has 34 heavy (non-hydrogen) atoms. The number of rotatable bonds is 6. The maximum Gasteiger partial charge on any atom is 0.367 e. The average molecular weight is 484 g/mol. The summed E-state index contributed by atoms with van der Waals surface area (Å²) in [4.78, 5) is 41.0. The zero-order valence-electron chi connectivity index (χ0n) is 18.5. The van der Waals surface area contributed by atoms with Crippen LogP contribution in [0.15, 0.2) is 59.5 Å². The number of benzene rings is 2. The maximum atomic E-state index is 12.7. The van der Waals surface area contributed by atoms with Crippen molar-refractivity contribution in [3.8, 4) is 0 Å². The first-order chi connectivity index (χ1) is 16.3. The fraction of sp³-hybridized carbons (Fsp3) is 0.292. The van der Waals surface area contributed by atoms with E-state index < -0.39 is 36.1 Å². The molecule has 1 saturated heterocycles. The van der Waals surface area contributed by atoms with Crippen molar-refractivity contribution in [3.05, 3.63) is 92.6 Å². The van der Waals surface area contributed by atoms with Gasteiger partial charge in [-0.3, -0.25) is 0 Å². The SMILES string of the molecule is Cc1ccc(C(=O)OC[C@H]2O[C@@H](n3ncc(Cl)nc3=O)C[C@@H]2OC(=O)c2ccc(C)cc2)cc1. The number of carbonyl (C=O) groups excluding carboxylic acids is 2. The van der Waals surface area contributed by atoms with Crippen LogP contribution in [0, 0.1) is 13.8 Å². The molecule has 0 unspecified atom stereocenters. The highest BCUT2D eigenvalue weighted by molar-refractivity contribution is 6.29. The average Bonchev–Trinajstić information content (AvgIpc) is 3.20. The Morgan fingerprint density at radius 1 is 1.03 bits per heavy atom. The van der Waals surface area contributed by atoms with Crippen molar-refractivity contribution in [1.82, 2.24) is 14.8 Å². The molecule has 3 atom stereocenters. The van der Waals surface area contributed by atoms with E-state index in [-0.39, 0.29) is 18.2 Å². The summed E-state index contributed by atoms with van der Waals surface area (Å²) in [6, 6.07) is 13.8. The Morgan fingerprint density at radius 3 is 2.21 bits per heavy atom. The highest BCUT2D eigenvalue weighted by Crippen LogP contribution is 2.30. The van der Waals surface area contributed by atoms with Gasteiger partial charge < -0.3 is 14.2 Å². The van der Waals surface area contributed by atoms with Gasteiger partial charge in [0.1, 0.15) is 18.8 Å². The molecule has 4 rings (SSSR count). The first kappa shape index (κ1) is 23.6. The summed E-state index contributed by atoms with van der Waals surface area (Å²) in [5.41, 5.74) is 2.05. The predicted octanol–water partition coefficient (Wildman–Crippen LogP) is 3.28. The second-order valence-electron chi connectivity index (χ2n) is 7.95. The Labute approximate surface area is 200 Å². The van der Waals surface area contributed by atoms with Gasteiger partial charge in [-0.25, -0.2) is 14.4 Å². The molecule has 2 aromatic carbocycles. The van der Waals surface area contributed by atoms with Gasteiger partial charge in [0.15, 0.2) is 11.4 Å². The summed E-state index contributed by atoms with van der Waals surface area (Å²) in [6.07, 6.45) is -1.17. The number of ether oxygens (including phenoxy) is 3. The molecule has 0 radical (unpaired) electrons. The molecule has 9 nitrogen and oxygen atoms in total. The molecule has 176 valence electrons. The van der Waals surface area contributed by atoms with Gasteiger partial charge in [-0.05, 0) is 38.1 Å².